The molecule has 0 aliphatic heterocycles. The Bertz CT molecular complexity index is 513. The second-order valence-corrected chi connectivity index (χ2v) is 6.68. The summed E-state index contributed by atoms with van der Waals surface area (Å²) in [5.41, 5.74) is 0.956. The second-order valence-electron chi connectivity index (χ2n) is 4.56. The minimum Gasteiger partial charge on any atom is -0.481 e. The van der Waals surface area contributed by atoms with Gasteiger partial charge in [-0.25, -0.2) is 12.7 Å². The average Bonchev–Trinajstić information content (AvgIpc) is 2.36. The summed E-state index contributed by atoms with van der Waals surface area (Å²) >= 11 is 0. The van der Waals surface area contributed by atoms with Gasteiger partial charge in [-0.2, -0.15) is 0 Å². The third-order valence-corrected chi connectivity index (χ3v) is 5.00. The van der Waals surface area contributed by atoms with Crippen molar-refractivity contribution in [3.63, 3.8) is 0 Å². The first-order chi connectivity index (χ1) is 8.83. The number of benzene rings is 1. The van der Waals surface area contributed by atoms with Crippen LogP contribution in [-0.4, -0.2) is 43.1 Å². The van der Waals surface area contributed by atoms with Gasteiger partial charge in [0.05, 0.1) is 12.2 Å². The van der Waals surface area contributed by atoms with E-state index in [2.05, 4.69) is 0 Å². The summed E-state index contributed by atoms with van der Waals surface area (Å²) in [7, 11) is -2.02. The van der Waals surface area contributed by atoms with Crippen LogP contribution in [0.5, 0.6) is 0 Å². The van der Waals surface area contributed by atoms with Crippen LogP contribution in [0.15, 0.2) is 30.3 Å². The van der Waals surface area contributed by atoms with Crippen LogP contribution in [0.4, 0.5) is 0 Å². The van der Waals surface area contributed by atoms with Gasteiger partial charge in [0.15, 0.2) is 0 Å². The fourth-order valence-electron chi connectivity index (χ4n) is 1.71. The molecule has 0 saturated carbocycles. The molecule has 5 nitrogen and oxygen atoms in total. The van der Waals surface area contributed by atoms with Gasteiger partial charge in [-0.3, -0.25) is 4.79 Å². The van der Waals surface area contributed by atoms with Crippen LogP contribution in [-0.2, 0) is 14.8 Å². The highest BCUT2D eigenvalue weighted by Gasteiger charge is 2.22. The van der Waals surface area contributed by atoms with Crippen LogP contribution in [0.25, 0.3) is 0 Å². The fourth-order valence-corrected chi connectivity index (χ4v) is 3.16. The van der Waals surface area contributed by atoms with Crippen molar-refractivity contribution in [1.29, 1.82) is 0 Å². The Morgan fingerprint density at radius 2 is 1.89 bits per heavy atom. The molecule has 0 aromatic heterocycles. The molecule has 1 aromatic rings. The van der Waals surface area contributed by atoms with E-state index >= 15 is 0 Å². The highest BCUT2D eigenvalue weighted by Crippen LogP contribution is 2.18. The van der Waals surface area contributed by atoms with Crippen LogP contribution in [0.3, 0.4) is 0 Å². The second kappa shape index (κ2) is 6.68. The molecule has 1 atom stereocenters. The van der Waals surface area contributed by atoms with Gasteiger partial charge in [-0.1, -0.05) is 37.3 Å². The first kappa shape index (κ1) is 15.7. The van der Waals surface area contributed by atoms with Crippen molar-refractivity contribution in [3.05, 3.63) is 35.9 Å². The summed E-state index contributed by atoms with van der Waals surface area (Å²) in [6.45, 7) is 1.84. The summed E-state index contributed by atoms with van der Waals surface area (Å²) in [5, 5.41) is 8.57. The number of carbonyl (C=O) groups is 1. The largest absolute Gasteiger partial charge is 0.481 e. The lowest BCUT2D eigenvalue weighted by Crippen LogP contribution is -2.32. The molecule has 0 aliphatic carbocycles. The monoisotopic (exact) mass is 285 g/mol. The standard InChI is InChI=1S/C13H19NO4S/c1-11(12-6-4-3-5-7-12)10-19(17,18)14(2)9-8-13(15)16/h3-7,11H,8-10H2,1-2H3,(H,15,16). The van der Waals surface area contributed by atoms with Crippen LogP contribution in [0, 0.1) is 0 Å². The fraction of sp³-hybridized carbons (Fsp3) is 0.462. The lowest BCUT2D eigenvalue weighted by molar-refractivity contribution is -0.137. The van der Waals surface area contributed by atoms with Gasteiger partial charge in [-0.15, -0.1) is 0 Å². The summed E-state index contributed by atoms with van der Waals surface area (Å²) in [6, 6.07) is 9.39. The zero-order valence-corrected chi connectivity index (χ0v) is 11.9. The van der Waals surface area contributed by atoms with E-state index in [-0.39, 0.29) is 24.6 Å². The van der Waals surface area contributed by atoms with E-state index in [9.17, 15) is 13.2 Å². The Labute approximate surface area is 113 Å². The quantitative estimate of drug-likeness (QED) is 0.824. The molecule has 1 rings (SSSR count). The Morgan fingerprint density at radius 1 is 1.32 bits per heavy atom. The summed E-state index contributed by atoms with van der Waals surface area (Å²) in [6.07, 6.45) is -0.185. The van der Waals surface area contributed by atoms with Gasteiger partial charge in [0.2, 0.25) is 10.0 Å². The number of sulfonamides is 1. The summed E-state index contributed by atoms with van der Waals surface area (Å²) in [5.74, 6) is -1.15. The molecule has 6 heteroatoms. The smallest absolute Gasteiger partial charge is 0.304 e. The summed E-state index contributed by atoms with van der Waals surface area (Å²) < 4.78 is 25.2. The molecular weight excluding hydrogens is 266 g/mol. The number of aliphatic carboxylic acids is 1. The molecule has 0 aliphatic rings. The molecule has 0 radical (unpaired) electrons. The zero-order valence-electron chi connectivity index (χ0n) is 11.1. The van der Waals surface area contributed by atoms with Crippen molar-refractivity contribution in [1.82, 2.24) is 4.31 Å². The molecule has 0 amide bonds. The van der Waals surface area contributed by atoms with Crippen molar-refractivity contribution < 1.29 is 18.3 Å². The van der Waals surface area contributed by atoms with Crippen molar-refractivity contribution in [3.8, 4) is 0 Å². The molecule has 0 saturated heterocycles. The third kappa shape index (κ3) is 5.00. The molecule has 0 spiro atoms. The maximum Gasteiger partial charge on any atom is 0.304 e. The van der Waals surface area contributed by atoms with Crippen molar-refractivity contribution in [2.24, 2.45) is 0 Å². The van der Waals surface area contributed by atoms with Gasteiger partial charge < -0.3 is 5.11 Å². The zero-order chi connectivity index (χ0) is 14.5. The number of rotatable bonds is 7. The summed E-state index contributed by atoms with van der Waals surface area (Å²) in [4.78, 5) is 10.5. The lowest BCUT2D eigenvalue weighted by atomic mass is 10.0. The van der Waals surface area contributed by atoms with E-state index in [1.165, 1.54) is 7.05 Å². The van der Waals surface area contributed by atoms with Crippen LogP contribution in [0.2, 0.25) is 0 Å². The lowest BCUT2D eigenvalue weighted by Gasteiger charge is -2.19. The number of carboxylic acid groups (broad SMARTS) is 1. The molecular formula is C13H19NO4S. The van der Waals surface area contributed by atoms with Crippen molar-refractivity contribution in [2.45, 2.75) is 19.3 Å². The minimum absolute atomic E-state index is 0.000817. The highest BCUT2D eigenvalue weighted by molar-refractivity contribution is 7.89. The van der Waals surface area contributed by atoms with Gasteiger partial charge in [0.25, 0.3) is 0 Å². The topological polar surface area (TPSA) is 74.7 Å². The number of nitrogens with zero attached hydrogens (tertiary/aromatic N) is 1. The molecule has 0 heterocycles. The molecule has 1 aromatic carbocycles. The third-order valence-electron chi connectivity index (χ3n) is 2.94. The van der Waals surface area contributed by atoms with E-state index in [1.807, 2.05) is 37.3 Å². The van der Waals surface area contributed by atoms with E-state index < -0.39 is 16.0 Å². The van der Waals surface area contributed by atoms with Gasteiger partial charge in [0, 0.05) is 13.6 Å². The van der Waals surface area contributed by atoms with Crippen molar-refractivity contribution >= 4 is 16.0 Å². The number of hydrogen-bond donors (Lipinski definition) is 1. The maximum absolute atomic E-state index is 12.1. The normalized spacial score (nSPS) is 13.4. The van der Waals surface area contributed by atoms with Gasteiger partial charge in [-0.05, 0) is 11.5 Å². The molecule has 1 unspecified atom stereocenters. The molecule has 106 valence electrons. The Kier molecular flexibility index (Phi) is 5.50. The molecule has 0 bridgehead atoms. The van der Waals surface area contributed by atoms with Crippen LogP contribution in [0.1, 0.15) is 24.8 Å². The first-order valence-corrected chi connectivity index (χ1v) is 7.64. The van der Waals surface area contributed by atoms with E-state index in [4.69, 9.17) is 5.11 Å². The molecule has 1 N–H and O–H groups in total. The van der Waals surface area contributed by atoms with Crippen LogP contribution < -0.4 is 0 Å². The number of carboxylic acids is 1. The minimum atomic E-state index is -3.43. The van der Waals surface area contributed by atoms with Crippen molar-refractivity contribution in [2.75, 3.05) is 19.3 Å². The SMILES string of the molecule is CC(CS(=O)(=O)N(C)CCC(=O)O)c1ccccc1. The first-order valence-electron chi connectivity index (χ1n) is 6.03. The van der Waals surface area contributed by atoms with E-state index in [1.54, 1.807) is 0 Å². The maximum atomic E-state index is 12.1. The number of hydrogen-bond acceptors (Lipinski definition) is 3. The van der Waals surface area contributed by atoms with E-state index in [0.717, 1.165) is 9.87 Å². The predicted octanol–water partition coefficient (Wildman–Crippen LogP) is 1.53. The Morgan fingerprint density at radius 3 is 2.42 bits per heavy atom. The van der Waals surface area contributed by atoms with Gasteiger partial charge >= 0.3 is 5.97 Å². The Hall–Kier alpha value is -1.40. The molecule has 0 fully saturated rings. The highest BCUT2D eigenvalue weighted by atomic mass is 32.2. The molecule has 19 heavy (non-hydrogen) atoms. The van der Waals surface area contributed by atoms with Crippen LogP contribution >= 0.6 is 0 Å². The predicted molar refractivity (Wildman–Crippen MR) is 73.5 cm³/mol. The average molecular weight is 285 g/mol. The van der Waals surface area contributed by atoms with Gasteiger partial charge in [0.1, 0.15) is 0 Å². The Balaban J connectivity index is 2.66. The van der Waals surface area contributed by atoms with E-state index in [0.29, 0.717) is 0 Å².